The molecule has 3 nitrogen and oxygen atoms in total. The third kappa shape index (κ3) is 3.12. The van der Waals surface area contributed by atoms with Gasteiger partial charge in [-0.05, 0) is 20.3 Å². The molecular weight excluding hydrogens is 250 g/mol. The fourth-order valence-electron chi connectivity index (χ4n) is 1.77. The summed E-state index contributed by atoms with van der Waals surface area (Å²) in [4.78, 5) is 10.1. The van der Waals surface area contributed by atoms with E-state index in [1.54, 1.807) is 22.7 Å². The van der Waals surface area contributed by atoms with Gasteiger partial charge < -0.3 is 5.32 Å². The van der Waals surface area contributed by atoms with Gasteiger partial charge in [0.15, 0.2) is 0 Å². The second-order valence-corrected chi connectivity index (χ2v) is 6.17. The Kier molecular flexibility index (Phi) is 4.25. The highest BCUT2D eigenvalue weighted by Crippen LogP contribution is 2.22. The van der Waals surface area contributed by atoms with Gasteiger partial charge in [0.05, 0.1) is 16.7 Å². The number of hydrogen-bond donors (Lipinski definition) is 1. The van der Waals surface area contributed by atoms with Gasteiger partial charge in [-0.1, -0.05) is 6.92 Å². The second kappa shape index (κ2) is 5.71. The molecule has 2 aromatic rings. The molecule has 0 aliphatic heterocycles. The highest BCUT2D eigenvalue weighted by Gasteiger charge is 2.12. The molecule has 0 radical (unpaired) electrons. The molecule has 1 N–H and O–H groups in total. The molecule has 0 aromatic carbocycles. The first-order valence-corrected chi connectivity index (χ1v) is 7.46. The molecule has 0 saturated heterocycles. The molecule has 0 aliphatic rings. The smallest absolute Gasteiger partial charge is 0.109 e. The Morgan fingerprint density at radius 2 is 2.24 bits per heavy atom. The van der Waals surface area contributed by atoms with Crippen LogP contribution in [0.3, 0.4) is 0 Å². The van der Waals surface area contributed by atoms with Gasteiger partial charge in [-0.3, -0.25) is 0 Å². The van der Waals surface area contributed by atoms with Crippen LogP contribution in [0.1, 0.15) is 40.0 Å². The number of nitrogens with zero attached hydrogens (tertiary/aromatic N) is 2. The van der Waals surface area contributed by atoms with Gasteiger partial charge in [-0.2, -0.15) is 0 Å². The van der Waals surface area contributed by atoms with Crippen molar-refractivity contribution in [2.24, 2.45) is 0 Å². The number of nitrogens with one attached hydrogen (secondary N) is 1. The van der Waals surface area contributed by atoms with Gasteiger partial charge in [0.2, 0.25) is 0 Å². The van der Waals surface area contributed by atoms with Crippen molar-refractivity contribution in [3.8, 4) is 0 Å². The minimum Gasteiger partial charge on any atom is -0.303 e. The van der Waals surface area contributed by atoms with Gasteiger partial charge in [-0.15, -0.1) is 22.7 Å². The van der Waals surface area contributed by atoms with E-state index in [0.29, 0.717) is 6.04 Å². The summed E-state index contributed by atoms with van der Waals surface area (Å²) in [6.07, 6.45) is 2.93. The number of aryl methyl sites for hydroxylation is 2. The molecular formula is C12H17N3S2. The largest absolute Gasteiger partial charge is 0.303 e. The summed E-state index contributed by atoms with van der Waals surface area (Å²) in [5, 5.41) is 7.90. The van der Waals surface area contributed by atoms with Gasteiger partial charge in [-0.25, -0.2) is 9.97 Å². The van der Waals surface area contributed by atoms with Crippen molar-refractivity contribution < 1.29 is 0 Å². The third-order valence-corrected chi connectivity index (χ3v) is 4.63. The highest BCUT2D eigenvalue weighted by molar-refractivity contribution is 7.11. The molecule has 5 heteroatoms. The monoisotopic (exact) mass is 267 g/mol. The fraction of sp³-hybridized carbons (Fsp3) is 0.500. The average Bonchev–Trinajstić information content (AvgIpc) is 2.90. The zero-order chi connectivity index (χ0) is 12.3. The van der Waals surface area contributed by atoms with Crippen LogP contribution >= 0.6 is 22.7 Å². The molecule has 1 atom stereocenters. The van der Waals surface area contributed by atoms with E-state index in [4.69, 9.17) is 0 Å². The lowest BCUT2D eigenvalue weighted by molar-refractivity contribution is 0.518. The molecule has 0 fully saturated rings. The number of hydrogen-bond acceptors (Lipinski definition) is 5. The van der Waals surface area contributed by atoms with Crippen LogP contribution in [0, 0.1) is 13.8 Å². The Morgan fingerprint density at radius 3 is 2.76 bits per heavy atom. The summed E-state index contributed by atoms with van der Waals surface area (Å²) in [7, 11) is 0. The minimum atomic E-state index is 0.358. The van der Waals surface area contributed by atoms with E-state index in [1.807, 2.05) is 11.6 Å². The van der Waals surface area contributed by atoms with E-state index < -0.39 is 0 Å². The first kappa shape index (κ1) is 12.7. The van der Waals surface area contributed by atoms with Gasteiger partial charge in [0.25, 0.3) is 0 Å². The Bertz CT molecular complexity index is 462. The fourth-order valence-corrected chi connectivity index (χ4v) is 3.45. The van der Waals surface area contributed by atoms with Crippen molar-refractivity contribution in [2.75, 3.05) is 0 Å². The van der Waals surface area contributed by atoms with E-state index in [0.717, 1.165) is 23.7 Å². The predicted octanol–water partition coefficient (Wildman–Crippen LogP) is 3.46. The second-order valence-electron chi connectivity index (χ2n) is 3.95. The zero-order valence-electron chi connectivity index (χ0n) is 10.4. The number of rotatable bonds is 5. The first-order chi connectivity index (χ1) is 8.20. The maximum atomic E-state index is 4.44. The Hall–Kier alpha value is -0.780. The van der Waals surface area contributed by atoms with E-state index in [2.05, 4.69) is 36.1 Å². The van der Waals surface area contributed by atoms with Crippen LogP contribution in [-0.2, 0) is 6.54 Å². The molecule has 2 rings (SSSR count). The van der Waals surface area contributed by atoms with Crippen LogP contribution in [0.25, 0.3) is 0 Å². The van der Waals surface area contributed by atoms with Crippen LogP contribution in [0.2, 0.25) is 0 Å². The molecule has 2 aromatic heterocycles. The molecule has 17 heavy (non-hydrogen) atoms. The molecule has 0 bridgehead atoms. The summed E-state index contributed by atoms with van der Waals surface area (Å²) in [6, 6.07) is 0.358. The maximum absolute atomic E-state index is 4.44. The molecule has 92 valence electrons. The van der Waals surface area contributed by atoms with Gasteiger partial charge in [0.1, 0.15) is 5.01 Å². The Morgan fingerprint density at radius 1 is 1.41 bits per heavy atom. The van der Waals surface area contributed by atoms with Crippen LogP contribution in [0.15, 0.2) is 11.6 Å². The van der Waals surface area contributed by atoms with Crippen LogP contribution in [-0.4, -0.2) is 9.97 Å². The molecule has 0 spiro atoms. The topological polar surface area (TPSA) is 37.8 Å². The highest BCUT2D eigenvalue weighted by atomic mass is 32.1. The van der Waals surface area contributed by atoms with Crippen molar-refractivity contribution >= 4 is 22.7 Å². The van der Waals surface area contributed by atoms with Crippen molar-refractivity contribution in [3.05, 3.63) is 32.2 Å². The number of aromatic nitrogens is 2. The van der Waals surface area contributed by atoms with Crippen LogP contribution in [0.5, 0.6) is 0 Å². The average molecular weight is 267 g/mol. The summed E-state index contributed by atoms with van der Waals surface area (Å²) < 4.78 is 0. The van der Waals surface area contributed by atoms with Crippen molar-refractivity contribution in [1.29, 1.82) is 0 Å². The quantitative estimate of drug-likeness (QED) is 0.901. The lowest BCUT2D eigenvalue weighted by Gasteiger charge is -2.13. The minimum absolute atomic E-state index is 0.358. The summed E-state index contributed by atoms with van der Waals surface area (Å²) in [6.45, 7) is 7.20. The maximum Gasteiger partial charge on any atom is 0.109 e. The Balaban J connectivity index is 1.99. The lowest BCUT2D eigenvalue weighted by atomic mass is 10.2. The summed E-state index contributed by atoms with van der Waals surface area (Å²) in [5.74, 6) is 0. The number of thiazole rings is 2. The van der Waals surface area contributed by atoms with Crippen molar-refractivity contribution in [3.63, 3.8) is 0 Å². The van der Waals surface area contributed by atoms with Crippen molar-refractivity contribution in [2.45, 2.75) is 39.8 Å². The van der Waals surface area contributed by atoms with E-state index in [9.17, 15) is 0 Å². The van der Waals surface area contributed by atoms with E-state index in [-0.39, 0.29) is 0 Å². The molecule has 0 aliphatic carbocycles. The van der Waals surface area contributed by atoms with E-state index >= 15 is 0 Å². The normalized spacial score (nSPS) is 12.9. The Labute approximate surface area is 110 Å². The van der Waals surface area contributed by atoms with Gasteiger partial charge >= 0.3 is 0 Å². The first-order valence-electron chi connectivity index (χ1n) is 5.76. The standard InChI is InChI=1S/C12H17N3S2/c1-4-10(12-13-5-6-16-12)14-7-11-8(2)15-9(3)17-11/h5-6,10,14H,4,7H2,1-3H3. The predicted molar refractivity (Wildman–Crippen MR) is 73.6 cm³/mol. The molecule has 0 amide bonds. The molecule has 1 unspecified atom stereocenters. The van der Waals surface area contributed by atoms with Crippen LogP contribution in [0.4, 0.5) is 0 Å². The van der Waals surface area contributed by atoms with Crippen molar-refractivity contribution in [1.82, 2.24) is 15.3 Å². The summed E-state index contributed by atoms with van der Waals surface area (Å²) in [5.41, 5.74) is 1.15. The third-order valence-electron chi connectivity index (χ3n) is 2.67. The van der Waals surface area contributed by atoms with Gasteiger partial charge in [0, 0.05) is 23.0 Å². The summed E-state index contributed by atoms with van der Waals surface area (Å²) >= 11 is 3.49. The zero-order valence-corrected chi connectivity index (χ0v) is 12.0. The van der Waals surface area contributed by atoms with E-state index in [1.165, 1.54) is 9.88 Å². The van der Waals surface area contributed by atoms with Crippen LogP contribution < -0.4 is 5.32 Å². The molecule has 2 heterocycles. The SMILES string of the molecule is CCC(NCc1sc(C)nc1C)c1nccs1. The molecule has 0 saturated carbocycles. The lowest BCUT2D eigenvalue weighted by Crippen LogP contribution is -2.19.